The maximum absolute atomic E-state index is 4.57. The van der Waals surface area contributed by atoms with Crippen LogP contribution in [0.4, 0.5) is 5.82 Å². The molecule has 0 spiro atoms. The molecule has 0 saturated carbocycles. The van der Waals surface area contributed by atoms with E-state index in [1.165, 1.54) is 24.9 Å². The largest absolute Gasteiger partial charge is 0.368 e. The zero-order chi connectivity index (χ0) is 17.1. The molecule has 1 N–H and O–H groups in total. The van der Waals surface area contributed by atoms with Crippen LogP contribution >= 0.6 is 0 Å². The van der Waals surface area contributed by atoms with Crippen molar-refractivity contribution in [1.29, 1.82) is 0 Å². The van der Waals surface area contributed by atoms with Crippen LogP contribution in [0, 0.1) is 12.8 Å². The Kier molecular flexibility index (Phi) is 4.61. The summed E-state index contributed by atoms with van der Waals surface area (Å²) in [6.07, 6.45) is 2.53. The molecular formula is C19H24N6. The molecule has 1 fully saturated rings. The molecule has 1 aliphatic heterocycles. The standard InChI is InChI=1S/C19H24N6/c1-15-21-22-19-10-9-18(23-25(15)19)20-12-17-8-5-11-24(14-17)13-16-6-3-2-4-7-16/h2-4,6-7,9-10,17H,5,8,11-14H2,1H3,(H,20,23)/t17-/m1/s1. The Hall–Kier alpha value is -2.47. The van der Waals surface area contributed by atoms with Gasteiger partial charge in [0.25, 0.3) is 0 Å². The second-order valence-electron chi connectivity index (χ2n) is 6.85. The van der Waals surface area contributed by atoms with Gasteiger partial charge in [-0.3, -0.25) is 4.90 Å². The van der Waals surface area contributed by atoms with Gasteiger partial charge in [-0.25, -0.2) is 0 Å². The summed E-state index contributed by atoms with van der Waals surface area (Å²) in [4.78, 5) is 2.56. The van der Waals surface area contributed by atoms with Crippen LogP contribution < -0.4 is 5.32 Å². The lowest BCUT2D eigenvalue weighted by atomic mass is 9.97. The van der Waals surface area contributed by atoms with E-state index in [1.807, 2.05) is 19.1 Å². The number of aryl methyl sites for hydroxylation is 1. The number of anilines is 1. The molecule has 0 amide bonds. The Morgan fingerprint density at radius 1 is 1.12 bits per heavy atom. The van der Waals surface area contributed by atoms with Crippen molar-refractivity contribution in [2.45, 2.75) is 26.3 Å². The maximum Gasteiger partial charge on any atom is 0.178 e. The van der Waals surface area contributed by atoms with Crippen molar-refractivity contribution < 1.29 is 0 Å². The van der Waals surface area contributed by atoms with Gasteiger partial charge >= 0.3 is 0 Å². The van der Waals surface area contributed by atoms with Gasteiger partial charge in [-0.1, -0.05) is 30.3 Å². The molecule has 0 bridgehead atoms. The van der Waals surface area contributed by atoms with Crippen LogP contribution in [-0.4, -0.2) is 44.3 Å². The third-order valence-corrected chi connectivity index (χ3v) is 4.84. The smallest absolute Gasteiger partial charge is 0.178 e. The van der Waals surface area contributed by atoms with E-state index in [4.69, 9.17) is 0 Å². The molecular weight excluding hydrogens is 312 g/mol. The maximum atomic E-state index is 4.57. The molecule has 1 aliphatic rings. The zero-order valence-corrected chi connectivity index (χ0v) is 14.6. The number of hydrogen-bond acceptors (Lipinski definition) is 5. The molecule has 0 unspecified atom stereocenters. The Bertz CT molecular complexity index is 828. The van der Waals surface area contributed by atoms with E-state index in [1.54, 1.807) is 4.52 Å². The number of likely N-dealkylation sites (tertiary alicyclic amines) is 1. The van der Waals surface area contributed by atoms with Gasteiger partial charge in [-0.15, -0.1) is 15.3 Å². The van der Waals surface area contributed by atoms with Crippen LogP contribution in [0.2, 0.25) is 0 Å². The minimum atomic E-state index is 0.650. The lowest BCUT2D eigenvalue weighted by molar-refractivity contribution is 0.173. The van der Waals surface area contributed by atoms with Gasteiger partial charge in [0.15, 0.2) is 11.5 Å². The van der Waals surface area contributed by atoms with Gasteiger partial charge in [-0.05, 0) is 49.9 Å². The van der Waals surface area contributed by atoms with E-state index in [0.717, 1.165) is 36.9 Å². The number of rotatable bonds is 5. The van der Waals surface area contributed by atoms with E-state index < -0.39 is 0 Å². The molecule has 1 saturated heterocycles. The fraction of sp³-hybridized carbons (Fsp3) is 0.421. The summed E-state index contributed by atoms with van der Waals surface area (Å²) in [6, 6.07) is 14.7. The second kappa shape index (κ2) is 7.19. The van der Waals surface area contributed by atoms with Crippen molar-refractivity contribution in [3.8, 4) is 0 Å². The van der Waals surface area contributed by atoms with Gasteiger partial charge in [0.1, 0.15) is 5.82 Å². The molecule has 4 rings (SSSR count). The van der Waals surface area contributed by atoms with E-state index in [0.29, 0.717) is 5.92 Å². The van der Waals surface area contributed by atoms with Crippen molar-refractivity contribution in [3.05, 3.63) is 53.9 Å². The Morgan fingerprint density at radius 2 is 2.00 bits per heavy atom. The van der Waals surface area contributed by atoms with E-state index >= 15 is 0 Å². The van der Waals surface area contributed by atoms with Crippen LogP contribution in [0.1, 0.15) is 24.2 Å². The summed E-state index contributed by atoms with van der Waals surface area (Å²) in [7, 11) is 0. The first-order valence-corrected chi connectivity index (χ1v) is 8.97. The first kappa shape index (κ1) is 16.0. The van der Waals surface area contributed by atoms with Crippen LogP contribution in [0.5, 0.6) is 0 Å². The monoisotopic (exact) mass is 336 g/mol. The Morgan fingerprint density at radius 3 is 2.88 bits per heavy atom. The van der Waals surface area contributed by atoms with Crippen LogP contribution in [0.15, 0.2) is 42.5 Å². The topological polar surface area (TPSA) is 58.4 Å². The lowest BCUT2D eigenvalue weighted by Crippen LogP contribution is -2.37. The zero-order valence-electron chi connectivity index (χ0n) is 14.6. The molecule has 1 aromatic carbocycles. The van der Waals surface area contributed by atoms with Crippen molar-refractivity contribution in [2.75, 3.05) is 25.0 Å². The molecule has 25 heavy (non-hydrogen) atoms. The quantitative estimate of drug-likeness (QED) is 0.776. The highest BCUT2D eigenvalue weighted by Crippen LogP contribution is 2.19. The van der Waals surface area contributed by atoms with Crippen LogP contribution in [0.3, 0.4) is 0 Å². The number of piperidine rings is 1. The molecule has 1 atom stereocenters. The van der Waals surface area contributed by atoms with Crippen LogP contribution in [0.25, 0.3) is 5.65 Å². The van der Waals surface area contributed by atoms with Crippen LogP contribution in [-0.2, 0) is 6.54 Å². The highest BCUT2D eigenvalue weighted by atomic mass is 15.4. The summed E-state index contributed by atoms with van der Waals surface area (Å²) in [5.74, 6) is 2.35. The van der Waals surface area contributed by atoms with E-state index in [2.05, 4.69) is 55.8 Å². The van der Waals surface area contributed by atoms with Gasteiger partial charge in [0.05, 0.1) is 0 Å². The predicted octanol–water partition coefficient (Wildman–Crippen LogP) is 2.76. The van der Waals surface area contributed by atoms with Gasteiger partial charge in [0.2, 0.25) is 0 Å². The third kappa shape index (κ3) is 3.79. The van der Waals surface area contributed by atoms with Crippen molar-refractivity contribution in [3.63, 3.8) is 0 Å². The van der Waals surface area contributed by atoms with Crippen molar-refractivity contribution in [1.82, 2.24) is 24.7 Å². The Labute approximate surface area is 147 Å². The molecule has 0 radical (unpaired) electrons. The van der Waals surface area contributed by atoms with E-state index in [9.17, 15) is 0 Å². The average Bonchev–Trinajstić information content (AvgIpc) is 3.02. The Balaban J connectivity index is 1.34. The molecule has 3 heterocycles. The number of nitrogens with zero attached hydrogens (tertiary/aromatic N) is 5. The second-order valence-corrected chi connectivity index (χ2v) is 6.85. The summed E-state index contributed by atoms with van der Waals surface area (Å²) in [6.45, 7) is 6.23. The summed E-state index contributed by atoms with van der Waals surface area (Å²) in [5, 5.41) is 16.2. The number of nitrogens with one attached hydrogen (secondary N) is 1. The highest BCUT2D eigenvalue weighted by molar-refractivity contribution is 5.43. The number of benzene rings is 1. The van der Waals surface area contributed by atoms with Gasteiger partial charge in [-0.2, -0.15) is 4.52 Å². The molecule has 3 aromatic rings. The predicted molar refractivity (Wildman–Crippen MR) is 98.5 cm³/mol. The normalized spacial score (nSPS) is 18.5. The summed E-state index contributed by atoms with van der Waals surface area (Å²) in [5.41, 5.74) is 2.18. The molecule has 2 aromatic heterocycles. The fourth-order valence-electron chi connectivity index (χ4n) is 3.54. The highest BCUT2D eigenvalue weighted by Gasteiger charge is 2.20. The lowest BCUT2D eigenvalue weighted by Gasteiger charge is -2.33. The summed E-state index contributed by atoms with van der Waals surface area (Å²) < 4.78 is 1.78. The first-order valence-electron chi connectivity index (χ1n) is 8.97. The first-order chi connectivity index (χ1) is 12.3. The number of aromatic nitrogens is 4. The minimum Gasteiger partial charge on any atom is -0.368 e. The third-order valence-electron chi connectivity index (χ3n) is 4.84. The number of fused-ring (bicyclic) bond motifs is 1. The number of hydrogen-bond donors (Lipinski definition) is 1. The van der Waals surface area contributed by atoms with Crippen molar-refractivity contribution in [2.24, 2.45) is 5.92 Å². The molecule has 6 heteroatoms. The summed E-state index contributed by atoms with van der Waals surface area (Å²) >= 11 is 0. The van der Waals surface area contributed by atoms with E-state index in [-0.39, 0.29) is 0 Å². The fourth-order valence-corrected chi connectivity index (χ4v) is 3.54. The molecule has 0 aliphatic carbocycles. The van der Waals surface area contributed by atoms with Gasteiger partial charge < -0.3 is 5.32 Å². The van der Waals surface area contributed by atoms with Crippen molar-refractivity contribution >= 4 is 11.5 Å². The SMILES string of the molecule is Cc1nnc2ccc(NC[C@H]3CCCN(Cc4ccccc4)C3)nn12. The minimum absolute atomic E-state index is 0.650. The average molecular weight is 336 g/mol. The molecule has 6 nitrogen and oxygen atoms in total. The molecule has 130 valence electrons. The van der Waals surface area contributed by atoms with Gasteiger partial charge in [0, 0.05) is 19.6 Å².